The fourth-order valence-corrected chi connectivity index (χ4v) is 3.27. The predicted octanol–water partition coefficient (Wildman–Crippen LogP) is 1.83. The van der Waals surface area contributed by atoms with E-state index in [0.29, 0.717) is 25.2 Å². The normalized spacial score (nSPS) is 17.9. The number of hydrogen-bond donors (Lipinski definition) is 1. The molecule has 0 aliphatic heterocycles. The number of rotatable bonds is 5. The van der Waals surface area contributed by atoms with Crippen LogP contribution in [0.4, 0.5) is 0 Å². The molecule has 1 aromatic heterocycles. The fraction of sp³-hybridized carbons (Fsp3) is 0.562. The number of oxazole rings is 1. The molecule has 0 spiro atoms. The van der Waals surface area contributed by atoms with Crippen LogP contribution < -0.4 is 5.76 Å². The molecular weight excluding hydrogens is 268 g/mol. The number of hydrogen-bond acceptors (Lipinski definition) is 4. The zero-order valence-corrected chi connectivity index (χ0v) is 12.4. The van der Waals surface area contributed by atoms with Crippen LogP contribution in [-0.4, -0.2) is 40.3 Å². The minimum atomic E-state index is -0.543. The van der Waals surface area contributed by atoms with Gasteiger partial charge in [0.15, 0.2) is 5.58 Å². The summed E-state index contributed by atoms with van der Waals surface area (Å²) in [5, 5.41) is 10.4. The fourth-order valence-electron chi connectivity index (χ4n) is 3.27. The molecule has 21 heavy (non-hydrogen) atoms. The Bertz CT molecular complexity index is 667. The Hall–Kier alpha value is -1.59. The van der Waals surface area contributed by atoms with Crippen molar-refractivity contribution in [2.24, 2.45) is 0 Å². The summed E-state index contributed by atoms with van der Waals surface area (Å²) in [5.41, 5.74) is 0.910. The van der Waals surface area contributed by atoms with Crippen LogP contribution in [0, 0.1) is 0 Å². The third kappa shape index (κ3) is 3.04. The second kappa shape index (κ2) is 5.66. The van der Waals surface area contributed by atoms with Gasteiger partial charge < -0.3 is 14.4 Å². The summed E-state index contributed by atoms with van der Waals surface area (Å²) in [7, 11) is 1.99. The highest BCUT2D eigenvalue weighted by Crippen LogP contribution is 2.29. The third-order valence-electron chi connectivity index (χ3n) is 4.38. The van der Waals surface area contributed by atoms with Gasteiger partial charge in [-0.15, -0.1) is 0 Å². The smallest absolute Gasteiger partial charge is 0.408 e. The number of aromatic nitrogens is 1. The molecule has 0 saturated heterocycles. The van der Waals surface area contributed by atoms with E-state index in [1.807, 2.05) is 25.2 Å². The van der Waals surface area contributed by atoms with Crippen molar-refractivity contribution >= 4 is 11.1 Å². The molecule has 5 heteroatoms. The number of likely N-dealkylation sites (N-methyl/N-ethyl adjacent to an activating group) is 1. The average Bonchev–Trinajstić information content (AvgIpc) is 3.00. The Balaban J connectivity index is 1.66. The lowest BCUT2D eigenvalue weighted by Gasteiger charge is -2.28. The van der Waals surface area contributed by atoms with Crippen molar-refractivity contribution in [1.29, 1.82) is 0 Å². The Morgan fingerprint density at radius 1 is 1.33 bits per heavy atom. The second-order valence-corrected chi connectivity index (χ2v) is 6.16. The van der Waals surface area contributed by atoms with Crippen molar-refractivity contribution < 1.29 is 9.52 Å². The van der Waals surface area contributed by atoms with Crippen LogP contribution in [-0.2, 0) is 6.54 Å². The zero-order chi connectivity index (χ0) is 14.9. The Morgan fingerprint density at radius 3 is 2.81 bits per heavy atom. The molecule has 0 unspecified atom stereocenters. The van der Waals surface area contributed by atoms with Crippen LogP contribution in [0.3, 0.4) is 0 Å². The highest BCUT2D eigenvalue weighted by molar-refractivity contribution is 5.72. The summed E-state index contributed by atoms with van der Waals surface area (Å²) in [5.74, 6) is -0.316. The monoisotopic (exact) mass is 290 g/mol. The summed E-state index contributed by atoms with van der Waals surface area (Å²) in [6, 6.07) is 7.46. The van der Waals surface area contributed by atoms with E-state index in [2.05, 4.69) is 4.90 Å². The van der Waals surface area contributed by atoms with E-state index >= 15 is 0 Å². The van der Waals surface area contributed by atoms with Gasteiger partial charge in [-0.2, -0.15) is 0 Å². The third-order valence-corrected chi connectivity index (χ3v) is 4.38. The van der Waals surface area contributed by atoms with E-state index < -0.39 is 5.60 Å². The summed E-state index contributed by atoms with van der Waals surface area (Å²) in [6.07, 6.45) is 3.98. The molecule has 1 heterocycles. The molecule has 0 radical (unpaired) electrons. The first kappa shape index (κ1) is 14.4. The van der Waals surface area contributed by atoms with Gasteiger partial charge in [0.05, 0.1) is 11.1 Å². The maximum Gasteiger partial charge on any atom is 0.419 e. The molecule has 1 fully saturated rings. The van der Waals surface area contributed by atoms with Gasteiger partial charge in [-0.3, -0.25) is 4.57 Å². The lowest BCUT2D eigenvalue weighted by Crippen LogP contribution is -2.40. The van der Waals surface area contributed by atoms with Gasteiger partial charge in [-0.05, 0) is 32.0 Å². The average molecular weight is 290 g/mol. The number of nitrogens with zero attached hydrogens (tertiary/aromatic N) is 2. The Morgan fingerprint density at radius 2 is 2.05 bits per heavy atom. The number of fused-ring (bicyclic) bond motifs is 1. The van der Waals surface area contributed by atoms with Crippen molar-refractivity contribution in [3.05, 3.63) is 34.8 Å². The standard InChI is InChI=1S/C16H22N2O3/c1-17(12-16(20)8-4-5-9-16)10-11-18-13-6-2-3-7-14(13)21-15(18)19/h2-3,6-7,20H,4-5,8-12H2,1H3. The first-order valence-electron chi connectivity index (χ1n) is 7.57. The summed E-state index contributed by atoms with van der Waals surface area (Å²) in [6.45, 7) is 1.95. The SMILES string of the molecule is CN(CCn1c(=O)oc2ccccc21)CC1(O)CCCC1. The van der Waals surface area contributed by atoms with Crippen LogP contribution in [0.2, 0.25) is 0 Å². The molecule has 1 aliphatic carbocycles. The van der Waals surface area contributed by atoms with E-state index in [1.165, 1.54) is 0 Å². The topological polar surface area (TPSA) is 58.6 Å². The minimum Gasteiger partial charge on any atom is -0.408 e. The van der Waals surface area contributed by atoms with Gasteiger partial charge in [0.1, 0.15) is 0 Å². The summed E-state index contributed by atoms with van der Waals surface area (Å²) in [4.78, 5) is 14.0. The maximum absolute atomic E-state index is 11.9. The van der Waals surface area contributed by atoms with Crippen LogP contribution in [0.5, 0.6) is 0 Å². The van der Waals surface area contributed by atoms with E-state index in [0.717, 1.165) is 31.2 Å². The van der Waals surface area contributed by atoms with Crippen LogP contribution in [0.1, 0.15) is 25.7 Å². The van der Waals surface area contributed by atoms with Crippen LogP contribution in [0.15, 0.2) is 33.5 Å². The molecule has 114 valence electrons. The summed E-state index contributed by atoms with van der Waals surface area (Å²) < 4.78 is 6.88. The molecular formula is C16H22N2O3. The van der Waals surface area contributed by atoms with Crippen molar-refractivity contribution in [3.63, 3.8) is 0 Å². The first-order valence-corrected chi connectivity index (χ1v) is 7.57. The molecule has 1 aliphatic rings. The molecule has 3 rings (SSSR count). The zero-order valence-electron chi connectivity index (χ0n) is 12.4. The molecule has 1 saturated carbocycles. The van der Waals surface area contributed by atoms with Gasteiger partial charge in [0, 0.05) is 19.6 Å². The van der Waals surface area contributed by atoms with Gasteiger partial charge in [0.25, 0.3) is 0 Å². The Labute approximate surface area is 123 Å². The molecule has 2 aromatic rings. The van der Waals surface area contributed by atoms with Gasteiger partial charge in [-0.25, -0.2) is 4.79 Å². The number of para-hydroxylation sites is 2. The predicted molar refractivity (Wildman–Crippen MR) is 81.4 cm³/mol. The number of benzene rings is 1. The van der Waals surface area contributed by atoms with E-state index in [4.69, 9.17) is 4.42 Å². The molecule has 0 amide bonds. The lowest BCUT2D eigenvalue weighted by molar-refractivity contribution is 0.0157. The van der Waals surface area contributed by atoms with E-state index in [9.17, 15) is 9.90 Å². The highest BCUT2D eigenvalue weighted by atomic mass is 16.4. The molecule has 1 N–H and O–H groups in total. The number of aliphatic hydroxyl groups is 1. The first-order chi connectivity index (χ1) is 10.1. The van der Waals surface area contributed by atoms with Gasteiger partial charge >= 0.3 is 5.76 Å². The largest absolute Gasteiger partial charge is 0.419 e. The maximum atomic E-state index is 11.9. The van der Waals surface area contributed by atoms with Crippen molar-refractivity contribution in [2.75, 3.05) is 20.1 Å². The molecule has 5 nitrogen and oxygen atoms in total. The van der Waals surface area contributed by atoms with Crippen molar-refractivity contribution in [1.82, 2.24) is 9.47 Å². The van der Waals surface area contributed by atoms with E-state index in [1.54, 1.807) is 10.6 Å². The minimum absolute atomic E-state index is 0.316. The molecule has 0 bridgehead atoms. The lowest BCUT2D eigenvalue weighted by atomic mass is 10.0. The van der Waals surface area contributed by atoms with Gasteiger partial charge in [0.2, 0.25) is 0 Å². The quantitative estimate of drug-likeness (QED) is 0.912. The summed E-state index contributed by atoms with van der Waals surface area (Å²) >= 11 is 0. The Kier molecular flexibility index (Phi) is 3.87. The van der Waals surface area contributed by atoms with Crippen molar-refractivity contribution in [3.8, 4) is 0 Å². The van der Waals surface area contributed by atoms with Gasteiger partial charge in [-0.1, -0.05) is 25.0 Å². The highest BCUT2D eigenvalue weighted by Gasteiger charge is 2.32. The van der Waals surface area contributed by atoms with Crippen LogP contribution >= 0.6 is 0 Å². The van der Waals surface area contributed by atoms with E-state index in [-0.39, 0.29) is 5.76 Å². The second-order valence-electron chi connectivity index (χ2n) is 6.16. The van der Waals surface area contributed by atoms with Crippen LogP contribution in [0.25, 0.3) is 11.1 Å². The van der Waals surface area contributed by atoms with Crippen molar-refractivity contribution in [2.45, 2.75) is 37.8 Å². The molecule has 1 aromatic carbocycles. The molecule has 0 atom stereocenters.